The predicted molar refractivity (Wildman–Crippen MR) is 100 cm³/mol. The maximum Gasteiger partial charge on any atom is 0.191 e. The van der Waals surface area contributed by atoms with Crippen LogP contribution in [0.3, 0.4) is 0 Å². The number of aryl methyl sites for hydroxylation is 1. The van der Waals surface area contributed by atoms with Crippen LogP contribution >= 0.6 is 35.3 Å². The Morgan fingerprint density at radius 1 is 1.30 bits per heavy atom. The summed E-state index contributed by atoms with van der Waals surface area (Å²) in [6.45, 7) is 11.0. The van der Waals surface area contributed by atoms with E-state index in [1.54, 1.807) is 0 Å². The van der Waals surface area contributed by atoms with E-state index in [4.69, 9.17) is 0 Å². The fourth-order valence-corrected chi connectivity index (χ4v) is 2.41. The Morgan fingerprint density at radius 3 is 2.60 bits per heavy atom. The number of hydrogen-bond acceptors (Lipinski definition) is 3. The van der Waals surface area contributed by atoms with Gasteiger partial charge in [0.05, 0.1) is 6.54 Å². The van der Waals surface area contributed by atoms with Crippen molar-refractivity contribution in [1.82, 2.24) is 15.5 Å². The van der Waals surface area contributed by atoms with Gasteiger partial charge in [0.15, 0.2) is 5.96 Å². The van der Waals surface area contributed by atoms with E-state index in [0.717, 1.165) is 38.7 Å². The van der Waals surface area contributed by atoms with Gasteiger partial charge in [-0.1, -0.05) is 6.92 Å². The second kappa shape index (κ2) is 11.3. The van der Waals surface area contributed by atoms with Crippen molar-refractivity contribution in [3.8, 4) is 0 Å². The molecule has 0 fully saturated rings. The van der Waals surface area contributed by atoms with E-state index in [-0.39, 0.29) is 24.0 Å². The van der Waals surface area contributed by atoms with E-state index in [1.807, 2.05) is 11.3 Å². The van der Waals surface area contributed by atoms with Gasteiger partial charge in [-0.3, -0.25) is 0 Å². The summed E-state index contributed by atoms with van der Waals surface area (Å²) in [6.07, 6.45) is 0. The zero-order valence-corrected chi connectivity index (χ0v) is 16.0. The number of guanidine groups is 1. The lowest BCUT2D eigenvalue weighted by atomic mass is 10.4. The molecule has 0 unspecified atom stereocenters. The third kappa shape index (κ3) is 8.06. The van der Waals surface area contributed by atoms with Crippen LogP contribution in [-0.4, -0.2) is 44.1 Å². The molecule has 4 nitrogen and oxygen atoms in total. The summed E-state index contributed by atoms with van der Waals surface area (Å²) < 4.78 is 0. The SMILES string of the molecule is CCNC(=NCc1ccc(C)s1)NCCN(C)CC.I. The third-order valence-electron chi connectivity index (χ3n) is 2.86. The van der Waals surface area contributed by atoms with Gasteiger partial charge in [0.25, 0.3) is 0 Å². The van der Waals surface area contributed by atoms with Crippen molar-refractivity contribution in [2.24, 2.45) is 4.99 Å². The Labute approximate surface area is 144 Å². The van der Waals surface area contributed by atoms with Crippen LogP contribution in [-0.2, 0) is 6.54 Å². The number of hydrogen-bond donors (Lipinski definition) is 2. The molecule has 0 spiro atoms. The molecule has 116 valence electrons. The fourth-order valence-electron chi connectivity index (χ4n) is 1.59. The largest absolute Gasteiger partial charge is 0.357 e. The molecule has 1 heterocycles. The third-order valence-corrected chi connectivity index (χ3v) is 3.84. The molecule has 1 rings (SSSR count). The fraction of sp³-hybridized carbons (Fsp3) is 0.643. The van der Waals surface area contributed by atoms with Gasteiger partial charge in [0, 0.05) is 29.4 Å². The second-order valence-corrected chi connectivity index (χ2v) is 5.90. The molecule has 0 aliphatic heterocycles. The number of thiophene rings is 1. The van der Waals surface area contributed by atoms with Crippen LogP contribution in [0, 0.1) is 6.92 Å². The molecular formula is C14H27IN4S. The maximum atomic E-state index is 4.61. The molecule has 1 aromatic rings. The zero-order chi connectivity index (χ0) is 14.1. The lowest BCUT2D eigenvalue weighted by molar-refractivity contribution is 0.357. The first-order valence-electron chi connectivity index (χ1n) is 6.91. The van der Waals surface area contributed by atoms with E-state index < -0.39 is 0 Å². The molecule has 0 radical (unpaired) electrons. The van der Waals surface area contributed by atoms with Crippen LogP contribution in [0.5, 0.6) is 0 Å². The molecular weight excluding hydrogens is 383 g/mol. The van der Waals surface area contributed by atoms with Crippen molar-refractivity contribution < 1.29 is 0 Å². The highest BCUT2D eigenvalue weighted by atomic mass is 127. The highest BCUT2D eigenvalue weighted by Gasteiger charge is 2.00. The Hall–Kier alpha value is -0.340. The van der Waals surface area contributed by atoms with Gasteiger partial charge in [0.2, 0.25) is 0 Å². The predicted octanol–water partition coefficient (Wildman–Crippen LogP) is 2.68. The molecule has 20 heavy (non-hydrogen) atoms. The number of aliphatic imine (C=N–C) groups is 1. The first kappa shape index (κ1) is 19.7. The van der Waals surface area contributed by atoms with Crippen LogP contribution in [0.15, 0.2) is 17.1 Å². The molecule has 0 aliphatic carbocycles. The summed E-state index contributed by atoms with van der Waals surface area (Å²) >= 11 is 1.81. The normalized spacial score (nSPS) is 11.3. The average Bonchev–Trinajstić information content (AvgIpc) is 2.81. The summed E-state index contributed by atoms with van der Waals surface area (Å²) in [7, 11) is 2.13. The molecule has 0 saturated heterocycles. The number of halogens is 1. The second-order valence-electron chi connectivity index (χ2n) is 4.53. The van der Waals surface area contributed by atoms with Gasteiger partial charge in [-0.15, -0.1) is 35.3 Å². The van der Waals surface area contributed by atoms with Gasteiger partial charge in [-0.2, -0.15) is 0 Å². The van der Waals surface area contributed by atoms with Crippen molar-refractivity contribution in [3.63, 3.8) is 0 Å². The molecule has 1 aromatic heterocycles. The number of rotatable bonds is 7. The summed E-state index contributed by atoms with van der Waals surface area (Å²) in [4.78, 5) is 9.53. The zero-order valence-electron chi connectivity index (χ0n) is 12.9. The van der Waals surface area contributed by atoms with Crippen molar-refractivity contribution in [2.45, 2.75) is 27.3 Å². The first-order chi connectivity index (χ1) is 9.15. The minimum atomic E-state index is 0. The van der Waals surface area contributed by atoms with Crippen molar-refractivity contribution >= 4 is 41.3 Å². The van der Waals surface area contributed by atoms with Gasteiger partial charge in [0.1, 0.15) is 0 Å². The maximum absolute atomic E-state index is 4.61. The monoisotopic (exact) mass is 410 g/mol. The summed E-state index contributed by atoms with van der Waals surface area (Å²) in [5.41, 5.74) is 0. The van der Waals surface area contributed by atoms with E-state index in [2.05, 4.69) is 60.5 Å². The van der Waals surface area contributed by atoms with Crippen LogP contribution in [0.4, 0.5) is 0 Å². The number of likely N-dealkylation sites (N-methyl/N-ethyl adjacent to an activating group) is 1. The van der Waals surface area contributed by atoms with E-state index in [1.165, 1.54) is 9.75 Å². The number of nitrogens with one attached hydrogen (secondary N) is 2. The van der Waals surface area contributed by atoms with Crippen LogP contribution < -0.4 is 10.6 Å². The van der Waals surface area contributed by atoms with Crippen molar-refractivity contribution in [3.05, 3.63) is 21.9 Å². The van der Waals surface area contributed by atoms with Crippen molar-refractivity contribution in [1.29, 1.82) is 0 Å². The quantitative estimate of drug-likeness (QED) is 0.413. The van der Waals surface area contributed by atoms with Gasteiger partial charge in [-0.25, -0.2) is 4.99 Å². The average molecular weight is 410 g/mol. The van der Waals surface area contributed by atoms with Crippen LogP contribution in [0.1, 0.15) is 23.6 Å². The Balaban J connectivity index is 0.00000361. The highest BCUT2D eigenvalue weighted by Crippen LogP contribution is 2.15. The minimum Gasteiger partial charge on any atom is -0.357 e. The summed E-state index contributed by atoms with van der Waals surface area (Å²) in [5, 5.41) is 6.64. The Kier molecular flexibility index (Phi) is 11.1. The van der Waals surface area contributed by atoms with Crippen LogP contribution in [0.2, 0.25) is 0 Å². The van der Waals surface area contributed by atoms with Gasteiger partial charge < -0.3 is 15.5 Å². The lowest BCUT2D eigenvalue weighted by Crippen LogP contribution is -2.40. The van der Waals surface area contributed by atoms with E-state index in [0.29, 0.717) is 0 Å². The Bertz CT molecular complexity index is 392. The molecule has 0 saturated carbocycles. The van der Waals surface area contributed by atoms with E-state index >= 15 is 0 Å². The number of nitrogens with zero attached hydrogens (tertiary/aromatic N) is 2. The molecule has 0 atom stereocenters. The van der Waals surface area contributed by atoms with Crippen molar-refractivity contribution in [2.75, 3.05) is 33.2 Å². The lowest BCUT2D eigenvalue weighted by Gasteiger charge is -2.16. The molecule has 0 amide bonds. The van der Waals surface area contributed by atoms with Gasteiger partial charge >= 0.3 is 0 Å². The smallest absolute Gasteiger partial charge is 0.191 e. The first-order valence-corrected chi connectivity index (χ1v) is 7.73. The summed E-state index contributed by atoms with van der Waals surface area (Å²) in [6, 6.07) is 4.30. The minimum absolute atomic E-state index is 0. The Morgan fingerprint density at radius 2 is 2.05 bits per heavy atom. The molecule has 0 aliphatic rings. The van der Waals surface area contributed by atoms with E-state index in [9.17, 15) is 0 Å². The van der Waals surface area contributed by atoms with Gasteiger partial charge in [-0.05, 0) is 39.6 Å². The van der Waals surface area contributed by atoms with Crippen LogP contribution in [0.25, 0.3) is 0 Å². The molecule has 6 heteroatoms. The molecule has 0 aromatic carbocycles. The molecule has 2 N–H and O–H groups in total. The topological polar surface area (TPSA) is 39.7 Å². The highest BCUT2D eigenvalue weighted by molar-refractivity contribution is 14.0. The molecule has 0 bridgehead atoms. The standard InChI is InChI=1S/C14H26N4S.HI/c1-5-15-14(16-9-10-18(4)6-2)17-11-13-8-7-12(3)19-13;/h7-8H,5-6,9-11H2,1-4H3,(H2,15,16,17);1H. The summed E-state index contributed by atoms with van der Waals surface area (Å²) in [5.74, 6) is 0.901.